The van der Waals surface area contributed by atoms with Crippen LogP contribution in [0.5, 0.6) is 0 Å². The Hall–Kier alpha value is -0.530. The number of rotatable bonds is 1. The van der Waals surface area contributed by atoms with Crippen LogP contribution in [0.3, 0.4) is 0 Å². The van der Waals surface area contributed by atoms with Crippen molar-refractivity contribution in [3.05, 3.63) is 0 Å². The summed E-state index contributed by atoms with van der Waals surface area (Å²) in [6, 6.07) is 0. The molecular weight excluding hydrogens is 140 g/mol. The molecule has 1 saturated heterocycles. The van der Waals surface area contributed by atoms with Crippen LogP contribution in [0.15, 0.2) is 0 Å². The molecule has 0 bridgehead atoms. The van der Waals surface area contributed by atoms with E-state index >= 15 is 0 Å². The van der Waals surface area contributed by atoms with Crippen molar-refractivity contribution in [3.63, 3.8) is 0 Å². The van der Waals surface area contributed by atoms with E-state index in [1.54, 1.807) is 0 Å². The number of carbonyl (C=O) groups is 1. The largest absolute Gasteiger partial charge is 0.462 e. The van der Waals surface area contributed by atoms with Crippen LogP contribution in [-0.4, -0.2) is 12.1 Å². The van der Waals surface area contributed by atoms with Gasteiger partial charge in [-0.15, -0.1) is 0 Å². The number of carbonyl (C=O) groups excluding carboxylic acids is 1. The first-order chi connectivity index (χ1) is 5.15. The average molecular weight is 156 g/mol. The Morgan fingerprint density at radius 2 is 2.18 bits per heavy atom. The minimum absolute atomic E-state index is 0.0180. The van der Waals surface area contributed by atoms with E-state index in [1.807, 2.05) is 6.92 Å². The molecule has 1 aliphatic heterocycles. The van der Waals surface area contributed by atoms with Gasteiger partial charge in [-0.25, -0.2) is 0 Å². The smallest absolute Gasteiger partial charge is 0.309 e. The van der Waals surface area contributed by atoms with Crippen LogP contribution < -0.4 is 0 Å². The summed E-state index contributed by atoms with van der Waals surface area (Å²) < 4.78 is 5.18. The maximum absolute atomic E-state index is 11.2. The Balaban J connectivity index is 2.54. The lowest BCUT2D eigenvalue weighted by Crippen LogP contribution is -2.34. The zero-order valence-electron chi connectivity index (χ0n) is 7.46. The number of esters is 1. The van der Waals surface area contributed by atoms with Crippen LogP contribution in [0.1, 0.15) is 33.6 Å². The molecule has 1 fully saturated rings. The zero-order valence-corrected chi connectivity index (χ0v) is 7.46. The molecule has 1 heterocycles. The van der Waals surface area contributed by atoms with Gasteiger partial charge in [0.25, 0.3) is 0 Å². The fourth-order valence-corrected chi connectivity index (χ4v) is 1.42. The first-order valence-electron chi connectivity index (χ1n) is 4.35. The molecule has 0 N–H and O–H groups in total. The summed E-state index contributed by atoms with van der Waals surface area (Å²) in [6.45, 7) is 6.12. The molecule has 11 heavy (non-hydrogen) atoms. The third-order valence-electron chi connectivity index (χ3n) is 2.60. The summed E-state index contributed by atoms with van der Waals surface area (Å²) in [4.78, 5) is 11.2. The molecule has 2 nitrogen and oxygen atoms in total. The molecule has 0 spiro atoms. The first kappa shape index (κ1) is 8.57. The zero-order chi connectivity index (χ0) is 8.43. The van der Waals surface area contributed by atoms with Crippen LogP contribution in [-0.2, 0) is 9.53 Å². The summed E-state index contributed by atoms with van der Waals surface area (Å²) >= 11 is 0. The third kappa shape index (κ3) is 1.73. The van der Waals surface area contributed by atoms with E-state index in [0.717, 1.165) is 12.8 Å². The van der Waals surface area contributed by atoms with E-state index in [4.69, 9.17) is 4.74 Å². The summed E-state index contributed by atoms with van der Waals surface area (Å²) in [6.07, 6.45) is 2.15. The van der Waals surface area contributed by atoms with Crippen molar-refractivity contribution >= 4 is 5.97 Å². The van der Waals surface area contributed by atoms with Gasteiger partial charge in [0, 0.05) is 0 Å². The monoisotopic (exact) mass is 156 g/mol. The molecule has 0 amide bonds. The molecule has 0 unspecified atom stereocenters. The van der Waals surface area contributed by atoms with Gasteiger partial charge in [0.05, 0.1) is 5.92 Å². The Kier molecular flexibility index (Phi) is 2.53. The molecule has 2 heteroatoms. The lowest BCUT2D eigenvalue weighted by molar-refractivity contribution is -0.163. The van der Waals surface area contributed by atoms with Gasteiger partial charge in [0.15, 0.2) is 0 Å². The van der Waals surface area contributed by atoms with Crippen LogP contribution in [0.2, 0.25) is 0 Å². The van der Waals surface area contributed by atoms with Crippen molar-refractivity contribution in [2.75, 3.05) is 0 Å². The highest BCUT2D eigenvalue weighted by atomic mass is 16.5. The second kappa shape index (κ2) is 3.24. The minimum atomic E-state index is -0.0180. The van der Waals surface area contributed by atoms with Crippen LogP contribution in [0, 0.1) is 11.8 Å². The maximum Gasteiger partial charge on any atom is 0.309 e. The van der Waals surface area contributed by atoms with Crippen molar-refractivity contribution < 1.29 is 9.53 Å². The van der Waals surface area contributed by atoms with Crippen molar-refractivity contribution in [2.24, 2.45) is 11.8 Å². The standard InChI is InChI=1S/C9H16O2/c1-4-8-5-6(2)7(3)9(10)11-8/h6-8H,4-5H2,1-3H3/t6-,7+,8+/m0/s1. The Bertz CT molecular complexity index is 154. The Morgan fingerprint density at radius 3 is 2.64 bits per heavy atom. The number of cyclic esters (lactones) is 1. The van der Waals surface area contributed by atoms with Crippen molar-refractivity contribution in [2.45, 2.75) is 39.7 Å². The summed E-state index contributed by atoms with van der Waals surface area (Å²) in [5.74, 6) is 0.564. The lowest BCUT2D eigenvalue weighted by Gasteiger charge is -2.30. The predicted molar refractivity (Wildman–Crippen MR) is 43.1 cm³/mol. The van der Waals surface area contributed by atoms with Gasteiger partial charge >= 0.3 is 5.97 Å². The molecule has 0 radical (unpaired) electrons. The van der Waals surface area contributed by atoms with Gasteiger partial charge in [-0.2, -0.15) is 0 Å². The van der Waals surface area contributed by atoms with Gasteiger partial charge in [0.1, 0.15) is 6.10 Å². The highest BCUT2D eigenvalue weighted by Crippen LogP contribution is 2.27. The molecule has 0 saturated carbocycles. The molecule has 0 aromatic heterocycles. The molecule has 1 aliphatic rings. The van der Waals surface area contributed by atoms with Gasteiger partial charge in [0.2, 0.25) is 0 Å². The molecule has 3 atom stereocenters. The van der Waals surface area contributed by atoms with E-state index < -0.39 is 0 Å². The van der Waals surface area contributed by atoms with Crippen molar-refractivity contribution in [3.8, 4) is 0 Å². The number of ether oxygens (including phenoxy) is 1. The SMILES string of the molecule is CC[C@@H]1C[C@H](C)[C@@H](C)C(=O)O1. The maximum atomic E-state index is 11.2. The minimum Gasteiger partial charge on any atom is -0.462 e. The molecule has 0 aromatic carbocycles. The molecule has 64 valence electrons. The van der Waals surface area contributed by atoms with Gasteiger partial charge in [-0.1, -0.05) is 20.8 Å². The Morgan fingerprint density at radius 1 is 1.55 bits per heavy atom. The van der Waals surface area contributed by atoms with Crippen LogP contribution in [0.25, 0.3) is 0 Å². The topological polar surface area (TPSA) is 26.3 Å². The number of hydrogen-bond donors (Lipinski definition) is 0. The molecule has 0 aromatic rings. The first-order valence-corrected chi connectivity index (χ1v) is 4.35. The highest BCUT2D eigenvalue weighted by molar-refractivity contribution is 5.73. The average Bonchev–Trinajstić information content (AvgIpc) is 1.99. The van der Waals surface area contributed by atoms with Crippen molar-refractivity contribution in [1.29, 1.82) is 0 Å². The van der Waals surface area contributed by atoms with E-state index in [9.17, 15) is 4.79 Å². The van der Waals surface area contributed by atoms with E-state index in [2.05, 4.69) is 13.8 Å². The summed E-state index contributed by atoms with van der Waals surface area (Å²) in [7, 11) is 0. The quantitative estimate of drug-likeness (QED) is 0.543. The fourth-order valence-electron chi connectivity index (χ4n) is 1.42. The fraction of sp³-hybridized carbons (Fsp3) is 0.889. The second-order valence-electron chi connectivity index (χ2n) is 3.47. The molecule has 1 rings (SSSR count). The van der Waals surface area contributed by atoms with Gasteiger partial charge in [-0.05, 0) is 18.8 Å². The van der Waals surface area contributed by atoms with E-state index in [0.29, 0.717) is 5.92 Å². The molecule has 0 aliphatic carbocycles. The number of hydrogen-bond acceptors (Lipinski definition) is 2. The van der Waals surface area contributed by atoms with Crippen LogP contribution >= 0.6 is 0 Å². The van der Waals surface area contributed by atoms with Crippen molar-refractivity contribution in [1.82, 2.24) is 0 Å². The summed E-state index contributed by atoms with van der Waals surface area (Å²) in [5.41, 5.74) is 0. The third-order valence-corrected chi connectivity index (χ3v) is 2.60. The highest BCUT2D eigenvalue weighted by Gasteiger charge is 2.31. The normalized spacial score (nSPS) is 38.5. The molecular formula is C9H16O2. The predicted octanol–water partition coefficient (Wildman–Crippen LogP) is 1.98. The second-order valence-corrected chi connectivity index (χ2v) is 3.47. The van der Waals surface area contributed by atoms with E-state index in [-0.39, 0.29) is 18.0 Å². The van der Waals surface area contributed by atoms with E-state index in [1.165, 1.54) is 0 Å². The Labute approximate surface area is 67.9 Å². The van der Waals surface area contributed by atoms with Gasteiger partial charge < -0.3 is 4.74 Å². The summed E-state index contributed by atoms with van der Waals surface area (Å²) in [5, 5.41) is 0. The van der Waals surface area contributed by atoms with Crippen LogP contribution in [0.4, 0.5) is 0 Å². The lowest BCUT2D eigenvalue weighted by atomic mass is 9.87. The van der Waals surface area contributed by atoms with Gasteiger partial charge in [-0.3, -0.25) is 4.79 Å².